The van der Waals surface area contributed by atoms with E-state index < -0.39 is 26.5 Å². The molecule has 2 unspecified atom stereocenters. The minimum absolute atomic E-state index is 0.0317. The molecular weight excluding hydrogens is 774 g/mol. The lowest BCUT2D eigenvalue weighted by Crippen LogP contribution is -2.37. The monoisotopic (exact) mass is 870 g/mol. The highest BCUT2D eigenvalue weighted by atomic mass is 31.2. The summed E-state index contributed by atoms with van der Waals surface area (Å²) in [5.74, 6) is -0.839. The first kappa shape index (κ1) is 58.5. The van der Waals surface area contributed by atoms with E-state index in [1.807, 2.05) is 21.1 Å². The van der Waals surface area contributed by atoms with Gasteiger partial charge in [0.05, 0.1) is 27.7 Å². The number of allylic oxidation sites excluding steroid dienone is 4. The van der Waals surface area contributed by atoms with Crippen LogP contribution in [0.25, 0.3) is 0 Å². The number of phosphoric acid groups is 1. The zero-order chi connectivity index (χ0) is 44.3. The second kappa shape index (κ2) is 42.8. The van der Waals surface area contributed by atoms with Crippen LogP contribution in [0.15, 0.2) is 24.3 Å². The molecule has 0 aliphatic heterocycles. The molecule has 354 valence electrons. The van der Waals surface area contributed by atoms with E-state index in [2.05, 4.69) is 38.2 Å². The number of quaternary nitrogens is 1. The van der Waals surface area contributed by atoms with Crippen LogP contribution in [-0.2, 0) is 32.7 Å². The van der Waals surface area contributed by atoms with Crippen LogP contribution in [-0.4, -0.2) is 70.0 Å². The van der Waals surface area contributed by atoms with Crippen molar-refractivity contribution in [2.24, 2.45) is 0 Å². The number of carbonyl (C=O) groups excluding carboxylic acids is 2. The maximum atomic E-state index is 12.7. The normalized spacial score (nSPS) is 13.6. The summed E-state index contributed by atoms with van der Waals surface area (Å²) in [6.45, 7) is 4.23. The maximum Gasteiger partial charge on any atom is 0.306 e. The number of ether oxygens (including phenoxy) is 2. The first-order chi connectivity index (χ1) is 29.0. The van der Waals surface area contributed by atoms with E-state index in [-0.39, 0.29) is 32.0 Å². The van der Waals surface area contributed by atoms with E-state index >= 15 is 0 Å². The molecule has 0 aromatic heterocycles. The number of unbranched alkanes of at least 4 members (excludes halogenated alkanes) is 28. The molecule has 2 atom stereocenters. The number of nitrogens with zero attached hydrogens (tertiary/aromatic N) is 1. The Morgan fingerprint density at radius 1 is 0.517 bits per heavy atom. The third kappa shape index (κ3) is 46.0. The van der Waals surface area contributed by atoms with E-state index in [1.54, 1.807) is 0 Å². The molecule has 0 aliphatic carbocycles. The smallest absolute Gasteiger partial charge is 0.306 e. The Labute approximate surface area is 370 Å². The average Bonchev–Trinajstić information content (AvgIpc) is 3.20. The molecule has 0 aromatic carbocycles. The molecule has 0 saturated heterocycles. The Morgan fingerprint density at radius 3 is 1.33 bits per heavy atom. The van der Waals surface area contributed by atoms with Crippen molar-refractivity contribution in [3.05, 3.63) is 24.3 Å². The fourth-order valence-corrected chi connectivity index (χ4v) is 7.77. The highest BCUT2D eigenvalue weighted by Gasteiger charge is 2.21. The Morgan fingerprint density at radius 2 is 0.900 bits per heavy atom. The van der Waals surface area contributed by atoms with Crippen molar-refractivity contribution in [3.8, 4) is 0 Å². The van der Waals surface area contributed by atoms with Crippen LogP contribution in [0.4, 0.5) is 0 Å². The molecule has 0 aromatic rings. The average molecular weight is 870 g/mol. The van der Waals surface area contributed by atoms with Crippen LogP contribution in [0.3, 0.4) is 0 Å². The van der Waals surface area contributed by atoms with E-state index in [9.17, 15) is 19.0 Å². The van der Waals surface area contributed by atoms with Crippen molar-refractivity contribution in [2.75, 3.05) is 47.5 Å². The predicted octanol–water partition coefficient (Wildman–Crippen LogP) is 14.1. The molecule has 0 fully saturated rings. The predicted molar refractivity (Wildman–Crippen MR) is 250 cm³/mol. The molecule has 10 heteroatoms. The maximum absolute atomic E-state index is 12.7. The van der Waals surface area contributed by atoms with Crippen LogP contribution >= 0.6 is 7.82 Å². The number of hydrogen-bond acceptors (Lipinski definition) is 8. The van der Waals surface area contributed by atoms with Gasteiger partial charge in [-0.3, -0.25) is 14.2 Å². The van der Waals surface area contributed by atoms with Crippen molar-refractivity contribution in [1.29, 1.82) is 0 Å². The van der Waals surface area contributed by atoms with E-state index in [1.165, 1.54) is 141 Å². The molecule has 0 amide bonds. The van der Waals surface area contributed by atoms with Crippen molar-refractivity contribution in [1.82, 2.24) is 0 Å². The third-order valence-corrected chi connectivity index (χ3v) is 11.9. The van der Waals surface area contributed by atoms with Crippen molar-refractivity contribution < 1.29 is 42.1 Å². The zero-order valence-electron chi connectivity index (χ0n) is 39.9. The van der Waals surface area contributed by atoms with E-state index in [4.69, 9.17) is 18.5 Å². The second-order valence-electron chi connectivity index (χ2n) is 18.2. The van der Waals surface area contributed by atoms with Gasteiger partial charge in [-0.1, -0.05) is 199 Å². The highest BCUT2D eigenvalue weighted by Crippen LogP contribution is 2.38. The first-order valence-electron chi connectivity index (χ1n) is 25.0. The molecule has 0 heterocycles. The second-order valence-corrected chi connectivity index (χ2v) is 19.6. The zero-order valence-corrected chi connectivity index (χ0v) is 40.8. The summed E-state index contributed by atoms with van der Waals surface area (Å²) in [6, 6.07) is 0. The molecule has 0 aliphatic rings. The minimum atomic E-state index is -4.63. The number of phosphoric ester groups is 1. The van der Waals surface area contributed by atoms with Crippen LogP contribution < -0.4 is 4.89 Å². The van der Waals surface area contributed by atoms with Crippen molar-refractivity contribution in [2.45, 2.75) is 238 Å². The Hall–Kier alpha value is -1.51. The van der Waals surface area contributed by atoms with Crippen LogP contribution in [0.2, 0.25) is 0 Å². The third-order valence-electron chi connectivity index (χ3n) is 11.0. The van der Waals surface area contributed by atoms with Gasteiger partial charge in [0.25, 0.3) is 7.82 Å². The van der Waals surface area contributed by atoms with Gasteiger partial charge < -0.3 is 27.9 Å². The van der Waals surface area contributed by atoms with Gasteiger partial charge in [-0.15, -0.1) is 0 Å². The molecular formula is C50H96NO8P. The van der Waals surface area contributed by atoms with E-state index in [0.29, 0.717) is 17.4 Å². The van der Waals surface area contributed by atoms with Gasteiger partial charge in [0, 0.05) is 12.8 Å². The molecule has 0 rings (SSSR count). The van der Waals surface area contributed by atoms with Gasteiger partial charge >= 0.3 is 11.9 Å². The Bertz CT molecular complexity index is 1070. The first-order valence-corrected chi connectivity index (χ1v) is 26.5. The number of hydrogen-bond donors (Lipinski definition) is 0. The molecule has 0 bridgehead atoms. The Balaban J connectivity index is 4.25. The minimum Gasteiger partial charge on any atom is -0.756 e. The van der Waals surface area contributed by atoms with Crippen molar-refractivity contribution >= 4 is 19.8 Å². The summed E-state index contributed by atoms with van der Waals surface area (Å²) in [4.78, 5) is 37.7. The number of carbonyl (C=O) groups is 2. The van der Waals surface area contributed by atoms with Gasteiger partial charge in [0.15, 0.2) is 6.10 Å². The molecule has 9 nitrogen and oxygen atoms in total. The summed E-state index contributed by atoms with van der Waals surface area (Å²) in [6.07, 6.45) is 47.8. The lowest BCUT2D eigenvalue weighted by atomic mass is 10.0. The standard InChI is InChI=1S/C50H96NO8P/c1-6-8-10-12-14-16-18-20-22-24-25-26-27-29-30-32-34-36-38-40-42-49(52)56-46-48(47-58-60(54,55)57-45-44-51(3,4)5)59-50(53)43-41-39-37-35-33-31-28-23-21-19-17-15-13-11-9-7-2/h17,19,23,28,48H,6-16,18,20-22,24-27,29-47H2,1-5H3/b19-17-,28-23-. The SMILES string of the molecule is CCCCCC/C=C\C/C=C\CCCCCCCC(=O)OC(COC(=O)CCCCCCCCCCCCCCCCCCCCCC)COP(=O)([O-])OCC[N+](C)(C)C. The lowest BCUT2D eigenvalue weighted by molar-refractivity contribution is -0.870. The van der Waals surface area contributed by atoms with Gasteiger partial charge in [-0.2, -0.15) is 0 Å². The lowest BCUT2D eigenvalue weighted by Gasteiger charge is -2.28. The van der Waals surface area contributed by atoms with Crippen LogP contribution in [0, 0.1) is 0 Å². The summed E-state index contributed by atoms with van der Waals surface area (Å²) in [5, 5.41) is 0. The number of esters is 2. The van der Waals surface area contributed by atoms with Gasteiger partial charge in [-0.05, 0) is 44.9 Å². The van der Waals surface area contributed by atoms with Crippen LogP contribution in [0.5, 0.6) is 0 Å². The highest BCUT2D eigenvalue weighted by molar-refractivity contribution is 7.45. The van der Waals surface area contributed by atoms with Gasteiger partial charge in [0.1, 0.15) is 19.8 Å². The largest absolute Gasteiger partial charge is 0.756 e. The fourth-order valence-electron chi connectivity index (χ4n) is 7.04. The topological polar surface area (TPSA) is 111 Å². The molecule has 0 spiro atoms. The summed E-state index contributed by atoms with van der Waals surface area (Å²) in [5.41, 5.74) is 0. The number of likely N-dealkylation sites (N-methyl/N-ethyl adjacent to an activating group) is 1. The molecule has 0 N–H and O–H groups in total. The summed E-state index contributed by atoms with van der Waals surface area (Å²) < 4.78 is 34.0. The van der Waals surface area contributed by atoms with Crippen LogP contribution in [0.1, 0.15) is 232 Å². The molecule has 0 saturated carbocycles. The van der Waals surface area contributed by atoms with E-state index in [0.717, 1.165) is 57.8 Å². The summed E-state index contributed by atoms with van der Waals surface area (Å²) in [7, 11) is 1.16. The molecule has 60 heavy (non-hydrogen) atoms. The summed E-state index contributed by atoms with van der Waals surface area (Å²) >= 11 is 0. The number of rotatable bonds is 46. The van der Waals surface area contributed by atoms with Gasteiger partial charge in [-0.25, -0.2) is 0 Å². The molecule has 0 radical (unpaired) electrons. The van der Waals surface area contributed by atoms with Crippen molar-refractivity contribution in [3.63, 3.8) is 0 Å². The fraction of sp³-hybridized carbons (Fsp3) is 0.880. The quantitative estimate of drug-likeness (QED) is 0.0195. The van der Waals surface area contributed by atoms with Gasteiger partial charge in [0.2, 0.25) is 0 Å². The Kier molecular flexibility index (Phi) is 41.7.